The van der Waals surface area contributed by atoms with Crippen molar-refractivity contribution in [2.75, 3.05) is 0 Å². The molecule has 4 nitrogen and oxygen atoms in total. The molecule has 6 heteroatoms. The number of hydrogen-bond acceptors (Lipinski definition) is 3. The van der Waals surface area contributed by atoms with Crippen LogP contribution in [0.15, 0.2) is 21.5 Å². The lowest BCUT2D eigenvalue weighted by Gasteiger charge is -2.18. The van der Waals surface area contributed by atoms with E-state index in [0.717, 1.165) is 6.42 Å². The Kier molecular flexibility index (Phi) is 6.19. The molecule has 20 heavy (non-hydrogen) atoms. The van der Waals surface area contributed by atoms with Gasteiger partial charge in [0.15, 0.2) is 0 Å². The van der Waals surface area contributed by atoms with Crippen LogP contribution in [0, 0.1) is 12.8 Å². The van der Waals surface area contributed by atoms with Crippen LogP contribution in [0.1, 0.15) is 38.3 Å². The second kappa shape index (κ2) is 7.02. The van der Waals surface area contributed by atoms with Crippen LogP contribution in [0.5, 0.6) is 0 Å². The first kappa shape index (κ1) is 17.6. The quantitative estimate of drug-likeness (QED) is 0.816. The average molecular weight is 364 g/mol. The fourth-order valence-corrected chi connectivity index (χ4v) is 4.37. The number of aliphatic hydroxyl groups is 1. The van der Waals surface area contributed by atoms with Crippen LogP contribution in [-0.4, -0.2) is 19.6 Å². The van der Waals surface area contributed by atoms with Gasteiger partial charge < -0.3 is 5.11 Å². The molecular weight excluding hydrogens is 342 g/mol. The molecule has 0 aromatic heterocycles. The molecule has 0 amide bonds. The first-order chi connectivity index (χ1) is 9.17. The van der Waals surface area contributed by atoms with E-state index in [9.17, 15) is 13.5 Å². The Hall–Kier alpha value is -0.430. The third-order valence-corrected chi connectivity index (χ3v) is 5.55. The monoisotopic (exact) mass is 363 g/mol. The van der Waals surface area contributed by atoms with Crippen LogP contribution in [0.25, 0.3) is 0 Å². The maximum atomic E-state index is 12.5. The summed E-state index contributed by atoms with van der Waals surface area (Å²) < 4.78 is 28.3. The highest BCUT2D eigenvalue weighted by Gasteiger charge is 2.21. The zero-order valence-corrected chi connectivity index (χ0v) is 14.7. The lowest BCUT2D eigenvalue weighted by atomic mass is 10.1. The van der Waals surface area contributed by atoms with Crippen molar-refractivity contribution in [1.29, 1.82) is 0 Å². The molecule has 0 radical (unpaired) electrons. The highest BCUT2D eigenvalue weighted by atomic mass is 79.9. The molecule has 1 atom stereocenters. The van der Waals surface area contributed by atoms with Crippen LogP contribution in [0.3, 0.4) is 0 Å². The fourth-order valence-electron chi connectivity index (χ4n) is 2.16. The molecule has 0 saturated carbocycles. The summed E-state index contributed by atoms with van der Waals surface area (Å²) in [6, 6.07) is 3.12. The summed E-state index contributed by atoms with van der Waals surface area (Å²) in [6.07, 6.45) is 0.777. The van der Waals surface area contributed by atoms with Crippen LogP contribution in [0.4, 0.5) is 0 Å². The lowest BCUT2D eigenvalue weighted by molar-refractivity contribution is 0.281. The molecule has 0 aliphatic carbocycles. The number of rotatable bonds is 6. The molecule has 0 aliphatic rings. The Morgan fingerprint density at radius 1 is 1.30 bits per heavy atom. The molecule has 0 spiro atoms. The number of benzene rings is 1. The van der Waals surface area contributed by atoms with Gasteiger partial charge in [-0.05, 0) is 49.4 Å². The molecule has 0 saturated heterocycles. The van der Waals surface area contributed by atoms with E-state index in [2.05, 4.69) is 34.5 Å². The summed E-state index contributed by atoms with van der Waals surface area (Å²) >= 11 is 3.33. The van der Waals surface area contributed by atoms with Gasteiger partial charge in [-0.1, -0.05) is 29.8 Å². The third-order valence-electron chi connectivity index (χ3n) is 3.01. The van der Waals surface area contributed by atoms with Gasteiger partial charge in [-0.15, -0.1) is 0 Å². The van der Waals surface area contributed by atoms with Crippen LogP contribution in [0.2, 0.25) is 0 Å². The van der Waals surface area contributed by atoms with Crippen LogP contribution < -0.4 is 4.72 Å². The van der Waals surface area contributed by atoms with Crippen molar-refractivity contribution in [3.8, 4) is 0 Å². The highest BCUT2D eigenvalue weighted by molar-refractivity contribution is 9.10. The Bertz CT molecular complexity index is 570. The van der Waals surface area contributed by atoms with E-state index >= 15 is 0 Å². The van der Waals surface area contributed by atoms with Crippen molar-refractivity contribution in [2.45, 2.75) is 51.7 Å². The molecular formula is C14H22BrNO3S. The van der Waals surface area contributed by atoms with Crippen molar-refractivity contribution in [3.05, 3.63) is 27.7 Å². The Labute approximate surface area is 129 Å². The molecule has 114 valence electrons. The van der Waals surface area contributed by atoms with E-state index < -0.39 is 10.0 Å². The normalized spacial score (nSPS) is 13.8. The minimum Gasteiger partial charge on any atom is -0.392 e. The minimum atomic E-state index is -3.58. The summed E-state index contributed by atoms with van der Waals surface area (Å²) in [7, 11) is -3.58. The third kappa shape index (κ3) is 4.55. The van der Waals surface area contributed by atoms with Crippen molar-refractivity contribution in [1.82, 2.24) is 4.72 Å². The summed E-state index contributed by atoms with van der Waals surface area (Å²) in [6.45, 7) is 7.52. The largest absolute Gasteiger partial charge is 0.392 e. The molecule has 0 heterocycles. The second-order valence-electron chi connectivity index (χ2n) is 5.51. The van der Waals surface area contributed by atoms with Gasteiger partial charge in [0, 0.05) is 10.5 Å². The maximum absolute atomic E-state index is 12.5. The van der Waals surface area contributed by atoms with Crippen LogP contribution >= 0.6 is 15.9 Å². The molecule has 1 aromatic carbocycles. The summed E-state index contributed by atoms with van der Waals surface area (Å²) in [5, 5.41) is 9.21. The van der Waals surface area contributed by atoms with Crippen molar-refractivity contribution in [2.24, 2.45) is 5.92 Å². The van der Waals surface area contributed by atoms with Crippen molar-refractivity contribution >= 4 is 26.0 Å². The lowest BCUT2D eigenvalue weighted by Crippen LogP contribution is -2.34. The van der Waals surface area contributed by atoms with Gasteiger partial charge in [-0.25, -0.2) is 13.1 Å². The van der Waals surface area contributed by atoms with Gasteiger partial charge in [0.05, 0.1) is 11.5 Å². The smallest absolute Gasteiger partial charge is 0.241 e. The van der Waals surface area contributed by atoms with Gasteiger partial charge in [-0.2, -0.15) is 0 Å². The van der Waals surface area contributed by atoms with Crippen LogP contribution in [-0.2, 0) is 16.6 Å². The van der Waals surface area contributed by atoms with Gasteiger partial charge in [-0.3, -0.25) is 0 Å². The average Bonchev–Trinajstić information content (AvgIpc) is 2.30. The van der Waals surface area contributed by atoms with Gasteiger partial charge >= 0.3 is 0 Å². The number of nitrogens with one attached hydrogen (secondary N) is 1. The molecule has 0 aliphatic heterocycles. The summed E-state index contributed by atoms with van der Waals surface area (Å²) in [5.74, 6) is 0.421. The SMILES string of the molecule is Cc1c(Br)cc(CO)cc1S(=O)(=O)NC(C)CC(C)C. The van der Waals surface area contributed by atoms with E-state index in [1.54, 1.807) is 13.0 Å². The number of sulfonamides is 1. The van der Waals surface area contributed by atoms with E-state index in [0.29, 0.717) is 21.5 Å². The molecule has 1 rings (SSSR count). The Morgan fingerprint density at radius 3 is 2.40 bits per heavy atom. The molecule has 2 N–H and O–H groups in total. The molecule has 0 bridgehead atoms. The van der Waals surface area contributed by atoms with E-state index in [1.807, 2.05) is 6.92 Å². The first-order valence-corrected chi connectivity index (χ1v) is 8.87. The van der Waals surface area contributed by atoms with E-state index in [4.69, 9.17) is 0 Å². The number of halogens is 1. The predicted molar refractivity (Wildman–Crippen MR) is 84.0 cm³/mol. The van der Waals surface area contributed by atoms with Crippen molar-refractivity contribution in [3.63, 3.8) is 0 Å². The van der Waals surface area contributed by atoms with Gasteiger partial charge in [0.25, 0.3) is 0 Å². The number of hydrogen-bond donors (Lipinski definition) is 2. The number of aliphatic hydroxyl groups excluding tert-OH is 1. The standard InChI is InChI=1S/C14H22BrNO3S/c1-9(2)5-10(3)16-20(18,19)14-7-12(8-17)6-13(15)11(14)4/h6-7,9-10,16-17H,5,8H2,1-4H3. The molecule has 0 fully saturated rings. The summed E-state index contributed by atoms with van der Waals surface area (Å²) in [5.41, 5.74) is 1.21. The molecule has 1 unspecified atom stereocenters. The zero-order valence-electron chi connectivity index (χ0n) is 12.3. The predicted octanol–water partition coefficient (Wildman–Crippen LogP) is 2.96. The Balaban J connectivity index is 3.12. The van der Waals surface area contributed by atoms with E-state index in [1.165, 1.54) is 6.07 Å². The zero-order chi connectivity index (χ0) is 15.5. The highest BCUT2D eigenvalue weighted by Crippen LogP contribution is 2.26. The van der Waals surface area contributed by atoms with E-state index in [-0.39, 0.29) is 17.5 Å². The first-order valence-electron chi connectivity index (χ1n) is 6.59. The van der Waals surface area contributed by atoms with Gasteiger partial charge in [0.1, 0.15) is 0 Å². The topological polar surface area (TPSA) is 66.4 Å². The second-order valence-corrected chi connectivity index (χ2v) is 8.05. The minimum absolute atomic E-state index is 0.129. The fraction of sp³-hybridized carbons (Fsp3) is 0.571. The van der Waals surface area contributed by atoms with Gasteiger partial charge in [0.2, 0.25) is 10.0 Å². The molecule has 1 aromatic rings. The summed E-state index contributed by atoms with van der Waals surface area (Å²) in [4.78, 5) is 0.214. The van der Waals surface area contributed by atoms with Crippen molar-refractivity contribution < 1.29 is 13.5 Å². The Morgan fingerprint density at radius 2 is 1.90 bits per heavy atom. The maximum Gasteiger partial charge on any atom is 0.241 e.